The molecule has 1 aliphatic rings. The molecule has 1 amide bonds. The second kappa shape index (κ2) is 10.2. The van der Waals surface area contributed by atoms with Gasteiger partial charge in [-0.25, -0.2) is 5.01 Å². The molecule has 0 saturated carbocycles. The zero-order chi connectivity index (χ0) is 24.9. The van der Waals surface area contributed by atoms with Crippen LogP contribution in [0.1, 0.15) is 36.5 Å². The molecule has 1 aliphatic heterocycles. The number of phenolic OH excluding ortho intramolecular Hbond substituents is 1. The number of amides is 1. The summed E-state index contributed by atoms with van der Waals surface area (Å²) in [7, 11) is 0. The SMILES string of the molecule is CC1=NN(CCCC(=O)O)C(=O)/C1=N\Nc1cccc(/C=C/c2ccccc2C(F)(F)F)c1O. The molecule has 3 rings (SSSR count). The highest BCUT2D eigenvalue weighted by molar-refractivity contribution is 6.68. The number of nitrogens with zero attached hydrogens (tertiary/aromatic N) is 3. The van der Waals surface area contributed by atoms with E-state index >= 15 is 0 Å². The van der Waals surface area contributed by atoms with E-state index in [-0.39, 0.29) is 47.7 Å². The van der Waals surface area contributed by atoms with Crippen LogP contribution in [0.25, 0.3) is 12.2 Å². The van der Waals surface area contributed by atoms with E-state index in [1.165, 1.54) is 42.5 Å². The number of benzene rings is 2. The number of nitrogens with one attached hydrogen (secondary N) is 1. The summed E-state index contributed by atoms with van der Waals surface area (Å²) in [5.41, 5.74) is 2.41. The number of anilines is 1. The van der Waals surface area contributed by atoms with Crippen LogP contribution >= 0.6 is 0 Å². The Hall–Kier alpha value is -4.15. The van der Waals surface area contributed by atoms with Gasteiger partial charge in [0.15, 0.2) is 5.71 Å². The number of hydrogen-bond donors (Lipinski definition) is 3. The van der Waals surface area contributed by atoms with Gasteiger partial charge >= 0.3 is 12.1 Å². The lowest BCUT2D eigenvalue weighted by Gasteiger charge is -2.11. The molecule has 0 saturated heterocycles. The Morgan fingerprint density at radius 3 is 2.53 bits per heavy atom. The number of para-hydroxylation sites is 1. The molecule has 0 fully saturated rings. The monoisotopic (exact) mass is 474 g/mol. The predicted molar refractivity (Wildman–Crippen MR) is 121 cm³/mol. The van der Waals surface area contributed by atoms with Crippen molar-refractivity contribution >= 4 is 41.1 Å². The van der Waals surface area contributed by atoms with Crippen LogP contribution in [-0.2, 0) is 15.8 Å². The zero-order valence-electron chi connectivity index (χ0n) is 18.0. The minimum absolute atomic E-state index is 0.00484. The number of alkyl halides is 3. The summed E-state index contributed by atoms with van der Waals surface area (Å²) >= 11 is 0. The van der Waals surface area contributed by atoms with Crippen molar-refractivity contribution < 1.29 is 33.0 Å². The highest BCUT2D eigenvalue weighted by Gasteiger charge is 2.32. The summed E-state index contributed by atoms with van der Waals surface area (Å²) < 4.78 is 39.6. The summed E-state index contributed by atoms with van der Waals surface area (Å²) in [5, 5.41) is 28.4. The lowest BCUT2D eigenvalue weighted by molar-refractivity contribution is -0.138. The first-order valence-corrected chi connectivity index (χ1v) is 10.2. The first-order chi connectivity index (χ1) is 16.1. The lowest BCUT2D eigenvalue weighted by Crippen LogP contribution is -2.29. The summed E-state index contributed by atoms with van der Waals surface area (Å²) in [6.45, 7) is 1.68. The van der Waals surface area contributed by atoms with E-state index in [0.29, 0.717) is 5.71 Å². The van der Waals surface area contributed by atoms with Gasteiger partial charge in [0.1, 0.15) is 5.75 Å². The number of carboxylic acid groups (broad SMARTS) is 1. The molecule has 11 heteroatoms. The normalized spacial score (nSPS) is 15.3. The maximum absolute atomic E-state index is 13.2. The Balaban J connectivity index is 1.76. The van der Waals surface area contributed by atoms with Gasteiger partial charge < -0.3 is 10.2 Å². The summed E-state index contributed by atoms with van der Waals surface area (Å²) in [6.07, 6.45) is -1.80. The van der Waals surface area contributed by atoms with Crippen LogP contribution in [-0.4, -0.2) is 45.1 Å². The second-order valence-electron chi connectivity index (χ2n) is 7.34. The van der Waals surface area contributed by atoms with E-state index in [0.717, 1.165) is 11.1 Å². The quantitative estimate of drug-likeness (QED) is 0.298. The van der Waals surface area contributed by atoms with Crippen LogP contribution in [0.5, 0.6) is 5.75 Å². The summed E-state index contributed by atoms with van der Waals surface area (Å²) in [6, 6.07) is 9.63. The number of aromatic hydroxyl groups is 1. The molecule has 0 aliphatic carbocycles. The smallest absolute Gasteiger partial charge is 0.416 e. The molecule has 178 valence electrons. The number of aliphatic carboxylic acids is 1. The van der Waals surface area contributed by atoms with Crippen molar-refractivity contribution in [1.29, 1.82) is 0 Å². The third-order valence-corrected chi connectivity index (χ3v) is 4.88. The first-order valence-electron chi connectivity index (χ1n) is 10.2. The largest absolute Gasteiger partial charge is 0.505 e. The fourth-order valence-corrected chi connectivity index (χ4v) is 3.19. The fourth-order valence-electron chi connectivity index (χ4n) is 3.19. The number of carboxylic acids is 1. The van der Waals surface area contributed by atoms with Gasteiger partial charge in [-0.1, -0.05) is 42.5 Å². The summed E-state index contributed by atoms with van der Waals surface area (Å²) in [4.78, 5) is 23.1. The van der Waals surface area contributed by atoms with Gasteiger partial charge in [-0.2, -0.15) is 23.4 Å². The Morgan fingerprint density at radius 2 is 1.82 bits per heavy atom. The maximum atomic E-state index is 13.2. The molecule has 34 heavy (non-hydrogen) atoms. The van der Waals surface area contributed by atoms with Crippen LogP contribution in [0.15, 0.2) is 52.7 Å². The number of phenols is 1. The molecule has 0 bridgehead atoms. The van der Waals surface area contributed by atoms with E-state index < -0.39 is 23.6 Å². The standard InChI is InChI=1S/C23H21F3N4O4/c1-14-20(22(34)30(29-14)13-5-10-19(31)32)28-27-18-9-4-7-16(21(18)33)12-11-15-6-2-3-8-17(15)23(24,25)26/h2-4,6-9,11-12,27,33H,5,10,13H2,1H3,(H,31,32)/b12-11+,28-20-. The molecule has 2 aromatic carbocycles. The van der Waals surface area contributed by atoms with Crippen molar-refractivity contribution in [3.05, 3.63) is 59.2 Å². The van der Waals surface area contributed by atoms with E-state index in [4.69, 9.17) is 5.11 Å². The number of hydrogen-bond acceptors (Lipinski definition) is 6. The number of rotatable bonds is 8. The van der Waals surface area contributed by atoms with Crippen LogP contribution < -0.4 is 5.43 Å². The number of carbonyl (C=O) groups is 2. The molecule has 0 unspecified atom stereocenters. The van der Waals surface area contributed by atoms with E-state index in [1.54, 1.807) is 13.0 Å². The van der Waals surface area contributed by atoms with Crippen LogP contribution in [0, 0.1) is 0 Å². The van der Waals surface area contributed by atoms with Crippen molar-refractivity contribution in [2.45, 2.75) is 25.9 Å². The van der Waals surface area contributed by atoms with Crippen molar-refractivity contribution in [1.82, 2.24) is 5.01 Å². The van der Waals surface area contributed by atoms with Crippen LogP contribution in [0.4, 0.5) is 18.9 Å². The second-order valence-corrected chi connectivity index (χ2v) is 7.34. The van der Waals surface area contributed by atoms with E-state index in [9.17, 15) is 27.9 Å². The van der Waals surface area contributed by atoms with E-state index in [1.807, 2.05) is 0 Å². The van der Waals surface area contributed by atoms with Gasteiger partial charge in [0.05, 0.1) is 17.0 Å². The van der Waals surface area contributed by atoms with Crippen LogP contribution in [0.3, 0.4) is 0 Å². The number of carbonyl (C=O) groups excluding carboxylic acids is 1. The van der Waals surface area contributed by atoms with Gasteiger partial charge in [-0.15, -0.1) is 0 Å². The summed E-state index contributed by atoms with van der Waals surface area (Å²) in [5.74, 6) is -1.77. The lowest BCUT2D eigenvalue weighted by atomic mass is 10.0. The molecule has 3 N–H and O–H groups in total. The van der Waals surface area contributed by atoms with Gasteiger partial charge in [-0.05, 0) is 31.0 Å². The molecule has 0 spiro atoms. The molecular formula is C23H21F3N4O4. The molecular weight excluding hydrogens is 453 g/mol. The molecule has 0 atom stereocenters. The van der Waals surface area contributed by atoms with Crippen molar-refractivity contribution in [2.24, 2.45) is 10.2 Å². The van der Waals surface area contributed by atoms with Crippen molar-refractivity contribution in [3.8, 4) is 5.75 Å². The molecule has 0 aromatic heterocycles. The Kier molecular flexibility index (Phi) is 7.34. The van der Waals surface area contributed by atoms with Gasteiger partial charge in [0, 0.05) is 18.5 Å². The predicted octanol–water partition coefficient (Wildman–Crippen LogP) is 4.43. The topological polar surface area (TPSA) is 115 Å². The highest BCUT2D eigenvalue weighted by Crippen LogP contribution is 2.34. The molecule has 8 nitrogen and oxygen atoms in total. The number of hydrazone groups is 2. The minimum Gasteiger partial charge on any atom is -0.505 e. The third kappa shape index (κ3) is 5.80. The molecule has 2 aromatic rings. The van der Waals surface area contributed by atoms with Gasteiger partial charge in [0.25, 0.3) is 5.91 Å². The van der Waals surface area contributed by atoms with Gasteiger partial charge in [0.2, 0.25) is 0 Å². The Morgan fingerprint density at radius 1 is 1.15 bits per heavy atom. The van der Waals surface area contributed by atoms with Crippen LogP contribution in [0.2, 0.25) is 0 Å². The average molecular weight is 474 g/mol. The minimum atomic E-state index is -4.52. The maximum Gasteiger partial charge on any atom is 0.416 e. The van der Waals surface area contributed by atoms with Crippen molar-refractivity contribution in [3.63, 3.8) is 0 Å². The Labute approximate surface area is 192 Å². The first kappa shape index (κ1) is 24.5. The van der Waals surface area contributed by atoms with Gasteiger partial charge in [-0.3, -0.25) is 15.0 Å². The molecule has 0 radical (unpaired) electrons. The highest BCUT2D eigenvalue weighted by atomic mass is 19.4. The fraction of sp³-hybridized carbons (Fsp3) is 0.217. The zero-order valence-corrected chi connectivity index (χ0v) is 18.0. The van der Waals surface area contributed by atoms with Crippen molar-refractivity contribution in [2.75, 3.05) is 12.0 Å². The number of halogens is 3. The third-order valence-electron chi connectivity index (χ3n) is 4.88. The van der Waals surface area contributed by atoms with E-state index in [2.05, 4.69) is 15.6 Å². The average Bonchev–Trinajstić information content (AvgIpc) is 3.04. The molecule has 1 heterocycles. The Bertz CT molecular complexity index is 1190.